The Kier molecular flexibility index (Phi) is 4.76. The topological polar surface area (TPSA) is 50.5 Å². The van der Waals surface area contributed by atoms with E-state index >= 15 is 0 Å². The SMILES string of the molecule is NNC(Cc1ccc(Cl)cc1F)C1CN2CCCC2CO1. The van der Waals surface area contributed by atoms with E-state index in [1.54, 1.807) is 12.1 Å². The summed E-state index contributed by atoms with van der Waals surface area (Å²) >= 11 is 5.79. The molecule has 0 saturated carbocycles. The van der Waals surface area contributed by atoms with Crippen LogP contribution < -0.4 is 11.3 Å². The molecule has 4 nitrogen and oxygen atoms in total. The van der Waals surface area contributed by atoms with Crippen molar-refractivity contribution in [3.05, 3.63) is 34.6 Å². The van der Waals surface area contributed by atoms with Gasteiger partial charge in [0.1, 0.15) is 5.82 Å². The molecule has 6 heteroatoms. The van der Waals surface area contributed by atoms with Gasteiger partial charge in [0.05, 0.1) is 18.8 Å². The van der Waals surface area contributed by atoms with E-state index in [0.717, 1.165) is 19.7 Å². The highest BCUT2D eigenvalue weighted by Gasteiger charge is 2.35. The molecule has 2 aliphatic heterocycles. The second kappa shape index (κ2) is 6.58. The third kappa shape index (κ3) is 3.38. The zero-order valence-electron chi connectivity index (χ0n) is 11.9. The van der Waals surface area contributed by atoms with Crippen molar-refractivity contribution in [3.8, 4) is 0 Å². The standard InChI is InChI=1S/C15H21ClFN3O/c16-11-4-3-10(13(17)7-11)6-14(19-18)15-8-20-5-1-2-12(20)9-21-15/h3-4,7,12,14-15,19H,1-2,5-6,8-9,18H2. The van der Waals surface area contributed by atoms with Crippen LogP contribution in [0, 0.1) is 5.82 Å². The van der Waals surface area contributed by atoms with E-state index in [-0.39, 0.29) is 18.0 Å². The summed E-state index contributed by atoms with van der Waals surface area (Å²) in [5.74, 6) is 5.38. The lowest BCUT2D eigenvalue weighted by atomic mass is 9.99. The van der Waals surface area contributed by atoms with Crippen LogP contribution in [0.15, 0.2) is 18.2 Å². The number of benzene rings is 1. The first-order chi connectivity index (χ1) is 10.2. The number of nitrogens with zero attached hydrogens (tertiary/aromatic N) is 1. The molecule has 2 heterocycles. The molecule has 1 aromatic carbocycles. The second-order valence-corrected chi connectivity index (χ2v) is 6.31. The van der Waals surface area contributed by atoms with Gasteiger partial charge in [0.2, 0.25) is 0 Å². The fourth-order valence-electron chi connectivity index (χ4n) is 3.31. The number of hydrogen-bond donors (Lipinski definition) is 2. The molecule has 2 fully saturated rings. The first-order valence-electron chi connectivity index (χ1n) is 7.43. The van der Waals surface area contributed by atoms with Gasteiger partial charge in [0.25, 0.3) is 0 Å². The van der Waals surface area contributed by atoms with Crippen molar-refractivity contribution in [2.24, 2.45) is 5.84 Å². The predicted octanol–water partition coefficient (Wildman–Crippen LogP) is 1.72. The molecule has 2 saturated heterocycles. The average Bonchev–Trinajstić information content (AvgIpc) is 2.94. The van der Waals surface area contributed by atoms with Crippen LogP contribution in [0.5, 0.6) is 0 Å². The molecule has 0 amide bonds. The molecule has 3 N–H and O–H groups in total. The molecular weight excluding hydrogens is 293 g/mol. The molecule has 3 atom stereocenters. The average molecular weight is 314 g/mol. The second-order valence-electron chi connectivity index (χ2n) is 5.88. The van der Waals surface area contributed by atoms with Crippen LogP contribution in [0.2, 0.25) is 5.02 Å². The van der Waals surface area contributed by atoms with Crippen molar-refractivity contribution in [3.63, 3.8) is 0 Å². The Labute approximate surface area is 129 Å². The lowest BCUT2D eigenvalue weighted by Crippen LogP contribution is -2.56. The van der Waals surface area contributed by atoms with Gasteiger partial charge < -0.3 is 4.74 Å². The number of hydrogen-bond acceptors (Lipinski definition) is 4. The van der Waals surface area contributed by atoms with Crippen molar-refractivity contribution in [1.29, 1.82) is 0 Å². The molecule has 0 aliphatic carbocycles. The summed E-state index contributed by atoms with van der Waals surface area (Å²) in [5, 5.41) is 0.405. The number of nitrogens with two attached hydrogens (primary N) is 1. The van der Waals surface area contributed by atoms with Crippen molar-refractivity contribution in [1.82, 2.24) is 10.3 Å². The van der Waals surface area contributed by atoms with E-state index in [4.69, 9.17) is 22.2 Å². The van der Waals surface area contributed by atoms with Gasteiger partial charge in [-0.05, 0) is 43.5 Å². The molecular formula is C15H21ClFN3O. The number of rotatable bonds is 4. The third-order valence-electron chi connectivity index (χ3n) is 4.53. The largest absolute Gasteiger partial charge is 0.374 e. The van der Waals surface area contributed by atoms with E-state index in [2.05, 4.69) is 10.3 Å². The van der Waals surface area contributed by atoms with Crippen LogP contribution in [0.25, 0.3) is 0 Å². The Bertz CT molecular complexity index is 502. The lowest BCUT2D eigenvalue weighted by Gasteiger charge is -2.38. The summed E-state index contributed by atoms with van der Waals surface area (Å²) in [5.41, 5.74) is 3.40. The minimum absolute atomic E-state index is 0.0144. The van der Waals surface area contributed by atoms with E-state index < -0.39 is 0 Å². The van der Waals surface area contributed by atoms with E-state index in [9.17, 15) is 4.39 Å². The molecule has 0 spiro atoms. The van der Waals surface area contributed by atoms with Crippen LogP contribution in [0.1, 0.15) is 18.4 Å². The summed E-state index contributed by atoms with van der Waals surface area (Å²) in [6.07, 6.45) is 2.91. The maximum atomic E-state index is 13.9. The monoisotopic (exact) mass is 313 g/mol. The molecule has 0 radical (unpaired) electrons. The molecule has 3 unspecified atom stereocenters. The van der Waals surface area contributed by atoms with Gasteiger partial charge in [-0.1, -0.05) is 17.7 Å². The summed E-state index contributed by atoms with van der Waals surface area (Å²) in [6.45, 7) is 2.72. The van der Waals surface area contributed by atoms with Gasteiger partial charge in [-0.2, -0.15) is 0 Å². The quantitative estimate of drug-likeness (QED) is 0.656. The van der Waals surface area contributed by atoms with Crippen molar-refractivity contribution >= 4 is 11.6 Å². The molecule has 21 heavy (non-hydrogen) atoms. The zero-order valence-corrected chi connectivity index (χ0v) is 12.7. The van der Waals surface area contributed by atoms with E-state index in [0.29, 0.717) is 23.0 Å². The highest BCUT2D eigenvalue weighted by Crippen LogP contribution is 2.25. The third-order valence-corrected chi connectivity index (χ3v) is 4.77. The molecule has 3 rings (SSSR count). The highest BCUT2D eigenvalue weighted by molar-refractivity contribution is 6.30. The summed E-state index contributed by atoms with van der Waals surface area (Å²) in [6, 6.07) is 5.19. The normalized spacial score (nSPS) is 27.6. The number of ether oxygens (including phenoxy) is 1. The molecule has 0 aromatic heterocycles. The number of halogens is 2. The van der Waals surface area contributed by atoms with Crippen molar-refractivity contribution < 1.29 is 9.13 Å². The number of nitrogens with one attached hydrogen (secondary N) is 1. The number of morpholine rings is 1. The van der Waals surface area contributed by atoms with Crippen LogP contribution in [-0.2, 0) is 11.2 Å². The Morgan fingerprint density at radius 2 is 2.38 bits per heavy atom. The van der Waals surface area contributed by atoms with Crippen LogP contribution in [0.4, 0.5) is 4.39 Å². The fraction of sp³-hybridized carbons (Fsp3) is 0.600. The maximum absolute atomic E-state index is 13.9. The summed E-state index contributed by atoms with van der Waals surface area (Å²) < 4.78 is 19.9. The van der Waals surface area contributed by atoms with Crippen LogP contribution in [-0.4, -0.2) is 42.8 Å². The summed E-state index contributed by atoms with van der Waals surface area (Å²) in [7, 11) is 0. The highest BCUT2D eigenvalue weighted by atomic mass is 35.5. The zero-order chi connectivity index (χ0) is 14.8. The Morgan fingerprint density at radius 3 is 3.14 bits per heavy atom. The van der Waals surface area contributed by atoms with Gasteiger partial charge in [-0.15, -0.1) is 0 Å². The van der Waals surface area contributed by atoms with E-state index in [1.165, 1.54) is 18.9 Å². The van der Waals surface area contributed by atoms with Gasteiger partial charge in [0.15, 0.2) is 0 Å². The van der Waals surface area contributed by atoms with Gasteiger partial charge in [-0.3, -0.25) is 16.2 Å². The first kappa shape index (κ1) is 15.2. The first-order valence-corrected chi connectivity index (χ1v) is 7.81. The number of hydrazine groups is 1. The van der Waals surface area contributed by atoms with Gasteiger partial charge in [-0.25, -0.2) is 4.39 Å². The Morgan fingerprint density at radius 1 is 1.52 bits per heavy atom. The Hall–Kier alpha value is -0.720. The predicted molar refractivity (Wildman–Crippen MR) is 80.6 cm³/mol. The van der Waals surface area contributed by atoms with Gasteiger partial charge in [0, 0.05) is 17.6 Å². The smallest absolute Gasteiger partial charge is 0.127 e. The van der Waals surface area contributed by atoms with Gasteiger partial charge >= 0.3 is 0 Å². The molecule has 116 valence electrons. The number of fused-ring (bicyclic) bond motifs is 1. The lowest BCUT2D eigenvalue weighted by molar-refractivity contribution is -0.0645. The van der Waals surface area contributed by atoms with Crippen molar-refractivity contribution in [2.75, 3.05) is 19.7 Å². The molecule has 0 bridgehead atoms. The van der Waals surface area contributed by atoms with Crippen molar-refractivity contribution in [2.45, 2.75) is 37.5 Å². The fourth-order valence-corrected chi connectivity index (χ4v) is 3.47. The molecule has 1 aromatic rings. The maximum Gasteiger partial charge on any atom is 0.127 e. The van der Waals surface area contributed by atoms with E-state index in [1.807, 2.05) is 0 Å². The minimum Gasteiger partial charge on any atom is -0.374 e. The van der Waals surface area contributed by atoms with Crippen LogP contribution >= 0.6 is 11.6 Å². The summed E-state index contributed by atoms with van der Waals surface area (Å²) in [4.78, 5) is 2.46. The Balaban J connectivity index is 1.67. The molecule has 2 aliphatic rings. The minimum atomic E-state index is -0.294. The van der Waals surface area contributed by atoms with Crippen LogP contribution in [0.3, 0.4) is 0 Å².